The smallest absolute Gasteiger partial charge is 0.174 e. The van der Waals surface area contributed by atoms with Gasteiger partial charge in [-0.2, -0.15) is 0 Å². The third-order valence-electron chi connectivity index (χ3n) is 2.50. The largest absolute Gasteiger partial charge is 0.484 e. The summed E-state index contributed by atoms with van der Waals surface area (Å²) in [6.07, 6.45) is 1.57. The monoisotopic (exact) mass is 300 g/mol. The van der Waals surface area contributed by atoms with Crippen LogP contribution in [0.1, 0.15) is 18.2 Å². The van der Waals surface area contributed by atoms with Crippen LogP contribution in [-0.2, 0) is 13.2 Å². The highest BCUT2D eigenvalue weighted by atomic mass is 35.5. The molecule has 0 aliphatic heterocycles. The van der Waals surface area contributed by atoms with Crippen LogP contribution in [0.4, 0.5) is 0 Å². The average Bonchev–Trinajstić information content (AvgIpc) is 2.88. The highest BCUT2D eigenvalue weighted by molar-refractivity contribution is 6.35. The standard InChI is InChI=1S/C13H14Cl2N2O2/c1-2-16-7-9-5-10(14)6-12(15)13(9)18-8-11-3-4-17-19-11/h3-6,16H,2,7-8H2,1H3. The Kier molecular flexibility index (Phi) is 5.07. The first-order valence-electron chi connectivity index (χ1n) is 5.91. The van der Waals surface area contributed by atoms with Gasteiger partial charge in [0.15, 0.2) is 5.76 Å². The number of nitrogens with one attached hydrogen (secondary N) is 1. The summed E-state index contributed by atoms with van der Waals surface area (Å²) in [5.41, 5.74) is 0.916. The van der Waals surface area contributed by atoms with Crippen LogP contribution >= 0.6 is 23.2 Å². The Morgan fingerprint density at radius 3 is 2.89 bits per heavy atom. The zero-order valence-electron chi connectivity index (χ0n) is 10.5. The maximum absolute atomic E-state index is 6.17. The predicted octanol–water partition coefficient (Wildman–Crippen LogP) is 3.67. The fraction of sp³-hybridized carbons (Fsp3) is 0.308. The van der Waals surface area contributed by atoms with Gasteiger partial charge in [0.05, 0.1) is 11.2 Å². The van der Waals surface area contributed by atoms with E-state index in [1.807, 2.05) is 13.0 Å². The molecule has 0 amide bonds. The Hall–Kier alpha value is -1.23. The van der Waals surface area contributed by atoms with Gasteiger partial charge < -0.3 is 14.6 Å². The van der Waals surface area contributed by atoms with Crippen molar-refractivity contribution < 1.29 is 9.26 Å². The van der Waals surface area contributed by atoms with Crippen molar-refractivity contribution in [2.75, 3.05) is 6.54 Å². The van der Waals surface area contributed by atoms with Crippen molar-refractivity contribution in [2.24, 2.45) is 0 Å². The summed E-state index contributed by atoms with van der Waals surface area (Å²) in [6, 6.07) is 5.24. The van der Waals surface area contributed by atoms with E-state index >= 15 is 0 Å². The van der Waals surface area contributed by atoms with Crippen LogP contribution in [0.3, 0.4) is 0 Å². The minimum absolute atomic E-state index is 0.278. The highest BCUT2D eigenvalue weighted by Crippen LogP contribution is 2.33. The normalized spacial score (nSPS) is 10.7. The molecule has 1 N–H and O–H groups in total. The number of halogens is 2. The molecule has 0 saturated heterocycles. The number of aromatic nitrogens is 1. The Balaban J connectivity index is 2.16. The van der Waals surface area contributed by atoms with Gasteiger partial charge in [-0.3, -0.25) is 0 Å². The lowest BCUT2D eigenvalue weighted by atomic mass is 10.2. The predicted molar refractivity (Wildman–Crippen MR) is 74.7 cm³/mol. The average molecular weight is 301 g/mol. The van der Waals surface area contributed by atoms with E-state index in [1.54, 1.807) is 18.3 Å². The van der Waals surface area contributed by atoms with Crippen LogP contribution in [-0.4, -0.2) is 11.7 Å². The van der Waals surface area contributed by atoms with Gasteiger partial charge >= 0.3 is 0 Å². The first-order chi connectivity index (χ1) is 9.20. The Morgan fingerprint density at radius 1 is 1.37 bits per heavy atom. The maximum atomic E-state index is 6.17. The molecule has 6 heteroatoms. The number of ether oxygens (including phenoxy) is 1. The van der Waals surface area contributed by atoms with Crippen molar-refractivity contribution in [1.29, 1.82) is 0 Å². The van der Waals surface area contributed by atoms with Crippen molar-refractivity contribution in [3.63, 3.8) is 0 Å². The number of benzene rings is 1. The van der Waals surface area contributed by atoms with E-state index in [0.717, 1.165) is 12.1 Å². The van der Waals surface area contributed by atoms with E-state index in [0.29, 0.717) is 28.1 Å². The lowest BCUT2D eigenvalue weighted by Gasteiger charge is -2.13. The van der Waals surface area contributed by atoms with Crippen molar-refractivity contribution in [3.8, 4) is 5.75 Å². The SMILES string of the molecule is CCNCc1cc(Cl)cc(Cl)c1OCc1ccno1. The molecule has 0 fully saturated rings. The highest BCUT2D eigenvalue weighted by Gasteiger charge is 2.11. The molecule has 0 spiro atoms. The molecular weight excluding hydrogens is 287 g/mol. The van der Waals surface area contributed by atoms with Crippen molar-refractivity contribution >= 4 is 23.2 Å². The minimum Gasteiger partial charge on any atom is -0.484 e. The molecule has 2 aromatic rings. The molecule has 1 heterocycles. The first kappa shape index (κ1) is 14.2. The van der Waals surface area contributed by atoms with Crippen LogP contribution in [0, 0.1) is 0 Å². The van der Waals surface area contributed by atoms with Gasteiger partial charge in [0.25, 0.3) is 0 Å². The molecule has 0 bridgehead atoms. The van der Waals surface area contributed by atoms with Crippen molar-refractivity contribution in [3.05, 3.63) is 45.8 Å². The van der Waals surface area contributed by atoms with Gasteiger partial charge in [-0.1, -0.05) is 35.3 Å². The van der Waals surface area contributed by atoms with E-state index in [4.69, 9.17) is 32.5 Å². The first-order valence-corrected chi connectivity index (χ1v) is 6.67. The molecule has 1 aromatic heterocycles. The molecule has 0 atom stereocenters. The zero-order chi connectivity index (χ0) is 13.7. The summed E-state index contributed by atoms with van der Waals surface area (Å²) >= 11 is 12.2. The molecule has 19 heavy (non-hydrogen) atoms. The summed E-state index contributed by atoms with van der Waals surface area (Å²) < 4.78 is 10.7. The van der Waals surface area contributed by atoms with Gasteiger partial charge in [-0.25, -0.2) is 0 Å². The summed E-state index contributed by atoms with van der Waals surface area (Å²) in [5, 5.41) is 7.92. The molecule has 0 radical (unpaired) electrons. The van der Waals surface area contributed by atoms with Crippen LogP contribution in [0.25, 0.3) is 0 Å². The van der Waals surface area contributed by atoms with Gasteiger partial charge in [0.1, 0.15) is 12.4 Å². The molecular formula is C13H14Cl2N2O2. The second-order valence-corrected chi connectivity index (χ2v) is 4.77. The van der Waals surface area contributed by atoms with Gasteiger partial charge in [-0.05, 0) is 18.7 Å². The number of hydrogen-bond acceptors (Lipinski definition) is 4. The minimum atomic E-state index is 0.278. The number of rotatable bonds is 6. The molecule has 0 saturated carbocycles. The topological polar surface area (TPSA) is 47.3 Å². The van der Waals surface area contributed by atoms with Crippen LogP contribution in [0.5, 0.6) is 5.75 Å². The molecule has 0 aliphatic rings. The van der Waals surface area contributed by atoms with Crippen molar-refractivity contribution in [2.45, 2.75) is 20.1 Å². The summed E-state index contributed by atoms with van der Waals surface area (Å²) in [4.78, 5) is 0. The second kappa shape index (κ2) is 6.80. The Bertz CT molecular complexity index is 530. The quantitative estimate of drug-likeness (QED) is 0.884. The lowest BCUT2D eigenvalue weighted by molar-refractivity contribution is 0.247. The summed E-state index contributed by atoms with van der Waals surface area (Å²) in [6.45, 7) is 3.80. The van der Waals surface area contributed by atoms with Gasteiger partial charge in [0, 0.05) is 23.2 Å². The molecule has 0 unspecified atom stereocenters. The van der Waals surface area contributed by atoms with Gasteiger partial charge in [0.2, 0.25) is 0 Å². The van der Waals surface area contributed by atoms with Gasteiger partial charge in [-0.15, -0.1) is 0 Å². The van der Waals surface area contributed by atoms with E-state index in [1.165, 1.54) is 0 Å². The van der Waals surface area contributed by atoms with Crippen LogP contribution < -0.4 is 10.1 Å². The van der Waals surface area contributed by atoms with E-state index < -0.39 is 0 Å². The second-order valence-electron chi connectivity index (χ2n) is 3.92. The fourth-order valence-corrected chi connectivity index (χ4v) is 2.22. The molecule has 0 aliphatic carbocycles. The Morgan fingerprint density at radius 2 is 2.21 bits per heavy atom. The molecule has 4 nitrogen and oxygen atoms in total. The van der Waals surface area contributed by atoms with Crippen LogP contribution in [0.2, 0.25) is 10.0 Å². The fourth-order valence-electron chi connectivity index (χ4n) is 1.63. The van der Waals surface area contributed by atoms with E-state index in [-0.39, 0.29) is 6.61 Å². The van der Waals surface area contributed by atoms with E-state index in [2.05, 4.69) is 10.5 Å². The maximum Gasteiger partial charge on any atom is 0.174 e. The number of nitrogens with zero attached hydrogens (tertiary/aromatic N) is 1. The lowest BCUT2D eigenvalue weighted by Crippen LogP contribution is -2.13. The molecule has 1 aromatic carbocycles. The number of hydrogen-bond donors (Lipinski definition) is 1. The third-order valence-corrected chi connectivity index (χ3v) is 3.00. The summed E-state index contributed by atoms with van der Waals surface area (Å²) in [5.74, 6) is 1.25. The molecule has 2 rings (SSSR count). The zero-order valence-corrected chi connectivity index (χ0v) is 12.0. The van der Waals surface area contributed by atoms with E-state index in [9.17, 15) is 0 Å². The Labute approximate surface area is 121 Å². The molecule has 102 valence electrons. The summed E-state index contributed by atoms with van der Waals surface area (Å²) in [7, 11) is 0. The van der Waals surface area contributed by atoms with Crippen molar-refractivity contribution in [1.82, 2.24) is 10.5 Å². The van der Waals surface area contributed by atoms with Crippen LogP contribution in [0.15, 0.2) is 28.9 Å². The third kappa shape index (κ3) is 3.86.